The van der Waals surface area contributed by atoms with Gasteiger partial charge in [-0.3, -0.25) is 4.79 Å². The van der Waals surface area contributed by atoms with Gasteiger partial charge in [0.05, 0.1) is 10.9 Å². The van der Waals surface area contributed by atoms with E-state index in [-0.39, 0.29) is 5.78 Å². The maximum atomic E-state index is 11.4. The summed E-state index contributed by atoms with van der Waals surface area (Å²) in [6.45, 7) is 4.30. The minimum Gasteiger partial charge on any atom is -0.350 e. The highest BCUT2D eigenvalue weighted by atomic mass is 16.1. The molecule has 2 aromatic heterocycles. The first-order valence-electron chi connectivity index (χ1n) is 9.38. The van der Waals surface area contributed by atoms with Crippen LogP contribution in [0.5, 0.6) is 0 Å². The Morgan fingerprint density at radius 2 is 1.79 bits per heavy atom. The number of Topliss-reactive ketones (excluding diaryl/α,β-unsaturated/α-hetero) is 1. The van der Waals surface area contributed by atoms with Gasteiger partial charge >= 0.3 is 0 Å². The number of aryl methyl sites for hydroxylation is 1. The van der Waals surface area contributed by atoms with Gasteiger partial charge in [-0.05, 0) is 55.3 Å². The number of rotatable bonds is 6. The quantitative estimate of drug-likeness (QED) is 0.461. The number of nitrogens with one attached hydrogen (secondary N) is 2. The standard InChI is InChI=1S/C23H21N5O/c1-15-5-3-4-6-18(15)13-25-23-26-14-20-21(28-23)11-12-24-22(20)27-19-9-7-17(8-10-19)16(2)29/h3-12,14H,13H2,1-2H3,(H,24,27)(H,25,26,28). The van der Waals surface area contributed by atoms with Crippen LogP contribution in [0.3, 0.4) is 0 Å². The van der Waals surface area contributed by atoms with Crippen molar-refractivity contribution in [3.63, 3.8) is 0 Å². The van der Waals surface area contributed by atoms with Crippen LogP contribution in [-0.2, 0) is 6.54 Å². The molecule has 0 aliphatic rings. The highest BCUT2D eigenvalue weighted by Crippen LogP contribution is 2.24. The average Bonchev–Trinajstić information content (AvgIpc) is 2.73. The number of pyridine rings is 1. The molecule has 0 saturated heterocycles. The van der Waals surface area contributed by atoms with Crippen molar-refractivity contribution >= 4 is 34.1 Å². The number of hydrogen-bond donors (Lipinski definition) is 2. The van der Waals surface area contributed by atoms with Crippen LogP contribution >= 0.6 is 0 Å². The predicted molar refractivity (Wildman–Crippen MR) is 116 cm³/mol. The van der Waals surface area contributed by atoms with Crippen molar-refractivity contribution < 1.29 is 4.79 Å². The Bertz CT molecular complexity index is 1170. The number of carbonyl (C=O) groups excluding carboxylic acids is 1. The highest BCUT2D eigenvalue weighted by molar-refractivity contribution is 5.95. The first kappa shape index (κ1) is 18.6. The molecule has 144 valence electrons. The molecule has 0 bridgehead atoms. The molecule has 0 fully saturated rings. The van der Waals surface area contributed by atoms with Gasteiger partial charge in [-0.1, -0.05) is 24.3 Å². The van der Waals surface area contributed by atoms with Gasteiger partial charge in [0.25, 0.3) is 0 Å². The molecule has 0 spiro atoms. The van der Waals surface area contributed by atoms with Crippen LogP contribution in [0.15, 0.2) is 67.0 Å². The SMILES string of the molecule is CC(=O)c1ccc(Nc2nccc3nc(NCc4ccccc4C)ncc23)cc1. The van der Waals surface area contributed by atoms with Gasteiger partial charge in [0.2, 0.25) is 5.95 Å². The van der Waals surface area contributed by atoms with Crippen molar-refractivity contribution in [3.05, 3.63) is 83.7 Å². The lowest BCUT2D eigenvalue weighted by Gasteiger charge is -2.11. The maximum absolute atomic E-state index is 11.4. The molecule has 2 N–H and O–H groups in total. The first-order valence-corrected chi connectivity index (χ1v) is 9.38. The maximum Gasteiger partial charge on any atom is 0.223 e. The molecule has 2 aromatic carbocycles. The fourth-order valence-corrected chi connectivity index (χ4v) is 3.05. The third-order valence-corrected chi connectivity index (χ3v) is 4.76. The fourth-order valence-electron chi connectivity index (χ4n) is 3.05. The zero-order valence-corrected chi connectivity index (χ0v) is 16.3. The molecule has 6 nitrogen and oxygen atoms in total. The number of hydrogen-bond acceptors (Lipinski definition) is 6. The minimum absolute atomic E-state index is 0.0407. The number of benzene rings is 2. The van der Waals surface area contributed by atoms with Gasteiger partial charge in [-0.2, -0.15) is 0 Å². The number of aromatic nitrogens is 3. The van der Waals surface area contributed by atoms with E-state index in [0.717, 1.165) is 16.6 Å². The van der Waals surface area contributed by atoms with Crippen molar-refractivity contribution in [2.24, 2.45) is 0 Å². The molecule has 0 saturated carbocycles. The summed E-state index contributed by atoms with van der Waals surface area (Å²) in [5, 5.41) is 7.38. The molecule has 0 unspecified atom stereocenters. The van der Waals surface area contributed by atoms with E-state index < -0.39 is 0 Å². The van der Waals surface area contributed by atoms with Gasteiger partial charge in [0.1, 0.15) is 5.82 Å². The third-order valence-electron chi connectivity index (χ3n) is 4.76. The number of anilines is 3. The molecule has 0 radical (unpaired) electrons. The Balaban J connectivity index is 1.54. The van der Waals surface area contributed by atoms with Gasteiger partial charge in [0.15, 0.2) is 5.78 Å². The Labute approximate surface area is 169 Å². The summed E-state index contributed by atoms with van der Waals surface area (Å²) in [6, 6.07) is 17.4. The first-order chi connectivity index (χ1) is 14.1. The summed E-state index contributed by atoms with van der Waals surface area (Å²) in [7, 11) is 0. The monoisotopic (exact) mass is 383 g/mol. The third kappa shape index (κ3) is 4.21. The molecule has 4 aromatic rings. The van der Waals surface area contributed by atoms with Gasteiger partial charge in [-0.15, -0.1) is 0 Å². The zero-order valence-electron chi connectivity index (χ0n) is 16.3. The molecule has 0 aliphatic carbocycles. The van der Waals surface area contributed by atoms with Crippen molar-refractivity contribution in [3.8, 4) is 0 Å². The Hall–Kier alpha value is -3.80. The Morgan fingerprint density at radius 1 is 1.00 bits per heavy atom. The topological polar surface area (TPSA) is 79.8 Å². The van der Waals surface area contributed by atoms with Gasteiger partial charge in [0, 0.05) is 30.2 Å². The number of ketones is 1. The minimum atomic E-state index is 0.0407. The number of nitrogens with zero attached hydrogens (tertiary/aromatic N) is 3. The molecule has 6 heteroatoms. The second kappa shape index (κ2) is 8.06. The van der Waals surface area contributed by atoms with Gasteiger partial charge < -0.3 is 10.6 Å². The molecule has 0 aliphatic heterocycles. The van der Waals surface area contributed by atoms with Crippen molar-refractivity contribution in [2.45, 2.75) is 20.4 Å². The summed E-state index contributed by atoms with van der Waals surface area (Å²) in [4.78, 5) is 24.9. The van der Waals surface area contributed by atoms with E-state index in [1.807, 2.05) is 30.3 Å². The van der Waals surface area contributed by atoms with E-state index >= 15 is 0 Å². The van der Waals surface area contributed by atoms with E-state index in [1.165, 1.54) is 11.1 Å². The molecule has 0 atom stereocenters. The smallest absolute Gasteiger partial charge is 0.223 e. The van der Waals surface area contributed by atoms with E-state index in [9.17, 15) is 4.79 Å². The van der Waals surface area contributed by atoms with Crippen LogP contribution in [-0.4, -0.2) is 20.7 Å². The van der Waals surface area contributed by atoms with E-state index in [4.69, 9.17) is 0 Å². The fraction of sp³-hybridized carbons (Fsp3) is 0.130. The van der Waals surface area contributed by atoms with E-state index in [2.05, 4.69) is 44.6 Å². The molecule has 2 heterocycles. The molecular formula is C23H21N5O. The highest BCUT2D eigenvalue weighted by Gasteiger charge is 2.07. The van der Waals surface area contributed by atoms with Crippen LogP contribution in [0.1, 0.15) is 28.4 Å². The summed E-state index contributed by atoms with van der Waals surface area (Å²) < 4.78 is 0. The van der Waals surface area contributed by atoms with Crippen LogP contribution in [0.25, 0.3) is 10.9 Å². The lowest BCUT2D eigenvalue weighted by molar-refractivity contribution is 0.101. The lowest BCUT2D eigenvalue weighted by Crippen LogP contribution is -2.05. The van der Waals surface area contributed by atoms with Crippen molar-refractivity contribution in [1.29, 1.82) is 0 Å². The Morgan fingerprint density at radius 3 is 2.55 bits per heavy atom. The summed E-state index contributed by atoms with van der Waals surface area (Å²) in [5.41, 5.74) is 4.76. The van der Waals surface area contributed by atoms with Crippen LogP contribution in [0.2, 0.25) is 0 Å². The summed E-state index contributed by atoms with van der Waals surface area (Å²) in [5.74, 6) is 1.28. The zero-order chi connectivity index (χ0) is 20.2. The van der Waals surface area contributed by atoms with E-state index in [1.54, 1.807) is 31.5 Å². The number of fused-ring (bicyclic) bond motifs is 1. The van der Waals surface area contributed by atoms with Crippen LogP contribution in [0, 0.1) is 6.92 Å². The summed E-state index contributed by atoms with van der Waals surface area (Å²) in [6.07, 6.45) is 3.48. The van der Waals surface area contributed by atoms with Crippen molar-refractivity contribution in [2.75, 3.05) is 10.6 Å². The molecule has 4 rings (SSSR count). The Kier molecular flexibility index (Phi) is 5.16. The van der Waals surface area contributed by atoms with Gasteiger partial charge in [-0.25, -0.2) is 15.0 Å². The largest absolute Gasteiger partial charge is 0.350 e. The molecule has 29 heavy (non-hydrogen) atoms. The normalized spacial score (nSPS) is 10.7. The molecular weight excluding hydrogens is 362 g/mol. The second-order valence-corrected chi connectivity index (χ2v) is 6.82. The van der Waals surface area contributed by atoms with Crippen LogP contribution in [0.4, 0.5) is 17.5 Å². The van der Waals surface area contributed by atoms with Crippen molar-refractivity contribution in [1.82, 2.24) is 15.0 Å². The predicted octanol–water partition coefficient (Wildman–Crippen LogP) is 4.89. The molecule has 0 amide bonds. The lowest BCUT2D eigenvalue weighted by atomic mass is 10.1. The number of carbonyl (C=O) groups is 1. The van der Waals surface area contributed by atoms with E-state index in [0.29, 0.717) is 23.9 Å². The second-order valence-electron chi connectivity index (χ2n) is 6.82. The average molecular weight is 383 g/mol. The van der Waals surface area contributed by atoms with Crippen LogP contribution < -0.4 is 10.6 Å². The summed E-state index contributed by atoms with van der Waals surface area (Å²) >= 11 is 0.